The van der Waals surface area contributed by atoms with E-state index in [1.54, 1.807) is 30.9 Å². The first kappa shape index (κ1) is 18.1. The third-order valence-corrected chi connectivity index (χ3v) is 4.68. The molecule has 0 atom stereocenters. The van der Waals surface area contributed by atoms with Gasteiger partial charge in [0.2, 0.25) is 0 Å². The van der Waals surface area contributed by atoms with Gasteiger partial charge in [0, 0.05) is 5.56 Å². The first-order valence-electron chi connectivity index (χ1n) is 8.32. The third kappa shape index (κ3) is 3.75. The summed E-state index contributed by atoms with van der Waals surface area (Å²) in [5.74, 6) is 0.359. The zero-order valence-corrected chi connectivity index (χ0v) is 15.9. The van der Waals surface area contributed by atoms with Gasteiger partial charge in [0.05, 0.1) is 30.8 Å². The molecule has 0 saturated carbocycles. The Hall–Kier alpha value is -2.74. The molecule has 3 aromatic rings. The molecule has 0 aliphatic carbocycles. The van der Waals surface area contributed by atoms with E-state index in [1.165, 1.54) is 11.3 Å². The third-order valence-electron chi connectivity index (χ3n) is 3.50. The number of benzene rings is 1. The minimum absolute atomic E-state index is 0.0284. The second-order valence-corrected chi connectivity index (χ2v) is 6.85. The fourth-order valence-electron chi connectivity index (χ4n) is 2.43. The summed E-state index contributed by atoms with van der Waals surface area (Å²) >= 11 is 1.31. The molecule has 2 aromatic heterocycles. The molecule has 0 aliphatic rings. The van der Waals surface area contributed by atoms with Crippen LogP contribution in [0.15, 0.2) is 30.6 Å². The Bertz CT molecular complexity index is 903. The van der Waals surface area contributed by atoms with Crippen LogP contribution in [0.1, 0.15) is 36.1 Å². The van der Waals surface area contributed by atoms with Crippen LogP contribution in [0.2, 0.25) is 0 Å². The Labute approximate surface area is 155 Å². The molecule has 3 rings (SSSR count). The molecule has 0 radical (unpaired) electrons. The van der Waals surface area contributed by atoms with Crippen molar-refractivity contribution in [1.82, 2.24) is 20.0 Å². The minimum Gasteiger partial charge on any atom is -0.489 e. The summed E-state index contributed by atoms with van der Waals surface area (Å²) in [7, 11) is 0. The standard InChI is InChI=1S/C18H20N4O3S/c1-5-24-18(23)16-12(4)20-17(26-16)13-6-7-15(25-11(2)3)14(10-13)22-9-8-19-21-22/h6-11H,5H2,1-4H3. The molecule has 26 heavy (non-hydrogen) atoms. The van der Waals surface area contributed by atoms with E-state index in [1.807, 2.05) is 32.0 Å². The molecule has 1 aromatic carbocycles. The number of esters is 1. The fraction of sp³-hybridized carbons (Fsp3) is 0.333. The summed E-state index contributed by atoms with van der Waals surface area (Å²) < 4.78 is 12.6. The summed E-state index contributed by atoms with van der Waals surface area (Å²) in [6, 6.07) is 5.73. The van der Waals surface area contributed by atoms with Crippen LogP contribution in [-0.4, -0.2) is 38.7 Å². The monoisotopic (exact) mass is 372 g/mol. The van der Waals surface area contributed by atoms with Crippen molar-refractivity contribution in [2.45, 2.75) is 33.8 Å². The fourth-order valence-corrected chi connectivity index (χ4v) is 3.38. The summed E-state index contributed by atoms with van der Waals surface area (Å²) in [6.07, 6.45) is 3.39. The highest BCUT2D eigenvalue weighted by Crippen LogP contribution is 2.33. The van der Waals surface area contributed by atoms with E-state index in [0.717, 1.165) is 16.3 Å². The van der Waals surface area contributed by atoms with E-state index in [-0.39, 0.29) is 12.1 Å². The van der Waals surface area contributed by atoms with Crippen LogP contribution in [0.5, 0.6) is 5.75 Å². The van der Waals surface area contributed by atoms with Crippen LogP contribution >= 0.6 is 11.3 Å². The van der Waals surface area contributed by atoms with E-state index in [0.29, 0.717) is 22.9 Å². The Morgan fingerprint density at radius 1 is 1.35 bits per heavy atom. The first-order valence-corrected chi connectivity index (χ1v) is 9.13. The van der Waals surface area contributed by atoms with Crippen LogP contribution in [0.3, 0.4) is 0 Å². The summed E-state index contributed by atoms with van der Waals surface area (Å²) in [6.45, 7) is 7.86. The number of rotatable bonds is 6. The van der Waals surface area contributed by atoms with Crippen LogP contribution < -0.4 is 4.74 Å². The summed E-state index contributed by atoms with van der Waals surface area (Å²) in [5, 5.41) is 8.67. The number of aromatic nitrogens is 4. The Morgan fingerprint density at radius 2 is 2.15 bits per heavy atom. The van der Waals surface area contributed by atoms with Gasteiger partial charge in [0.1, 0.15) is 21.3 Å². The molecule has 8 heteroatoms. The number of carbonyl (C=O) groups is 1. The molecule has 136 valence electrons. The molecule has 0 unspecified atom stereocenters. The molecule has 0 N–H and O–H groups in total. The highest BCUT2D eigenvalue weighted by atomic mass is 32.1. The number of thiazole rings is 1. The predicted octanol–water partition coefficient (Wildman–Crippen LogP) is 3.66. The van der Waals surface area contributed by atoms with Gasteiger partial charge < -0.3 is 9.47 Å². The highest BCUT2D eigenvalue weighted by molar-refractivity contribution is 7.17. The van der Waals surface area contributed by atoms with Crippen molar-refractivity contribution in [3.63, 3.8) is 0 Å². The lowest BCUT2D eigenvalue weighted by Gasteiger charge is -2.14. The normalized spacial score (nSPS) is 11.0. The number of nitrogens with zero attached hydrogens (tertiary/aromatic N) is 4. The molecule has 0 aliphatic heterocycles. The molecule has 0 spiro atoms. The highest BCUT2D eigenvalue weighted by Gasteiger charge is 2.18. The second kappa shape index (κ2) is 7.65. The van der Waals surface area contributed by atoms with Crippen LogP contribution in [0, 0.1) is 6.92 Å². The summed E-state index contributed by atoms with van der Waals surface area (Å²) in [4.78, 5) is 17.1. The maximum absolute atomic E-state index is 12.0. The van der Waals surface area contributed by atoms with Crippen molar-refractivity contribution in [2.75, 3.05) is 6.61 Å². The van der Waals surface area contributed by atoms with E-state index in [4.69, 9.17) is 9.47 Å². The van der Waals surface area contributed by atoms with Gasteiger partial charge in [-0.05, 0) is 45.9 Å². The Morgan fingerprint density at radius 3 is 2.81 bits per heavy atom. The number of hydrogen-bond acceptors (Lipinski definition) is 7. The van der Waals surface area contributed by atoms with E-state index >= 15 is 0 Å². The van der Waals surface area contributed by atoms with Gasteiger partial charge in [-0.2, -0.15) is 0 Å². The lowest BCUT2D eigenvalue weighted by molar-refractivity contribution is 0.0531. The van der Waals surface area contributed by atoms with Gasteiger partial charge in [-0.15, -0.1) is 16.4 Å². The van der Waals surface area contributed by atoms with Crippen molar-refractivity contribution in [2.24, 2.45) is 0 Å². The molecule has 0 bridgehead atoms. The first-order chi connectivity index (χ1) is 12.5. The lowest BCUT2D eigenvalue weighted by atomic mass is 10.2. The van der Waals surface area contributed by atoms with Gasteiger partial charge in [-0.1, -0.05) is 5.21 Å². The molecule has 0 saturated heterocycles. The molecule has 0 fully saturated rings. The number of carbonyl (C=O) groups excluding carboxylic acids is 1. The number of aryl methyl sites for hydroxylation is 1. The quantitative estimate of drug-likeness (QED) is 0.614. The molecule has 7 nitrogen and oxygen atoms in total. The maximum atomic E-state index is 12.0. The average molecular weight is 372 g/mol. The van der Waals surface area contributed by atoms with Crippen LogP contribution in [-0.2, 0) is 4.74 Å². The van der Waals surface area contributed by atoms with Gasteiger partial charge in [-0.25, -0.2) is 14.5 Å². The van der Waals surface area contributed by atoms with Crippen molar-refractivity contribution in [3.8, 4) is 22.0 Å². The minimum atomic E-state index is -0.343. The van der Waals surface area contributed by atoms with E-state index in [9.17, 15) is 4.79 Å². The van der Waals surface area contributed by atoms with Gasteiger partial charge in [-0.3, -0.25) is 0 Å². The SMILES string of the molecule is CCOC(=O)c1sc(-c2ccc(OC(C)C)c(-n3ccnn3)c2)nc1C. The van der Waals surface area contributed by atoms with Crippen molar-refractivity contribution < 1.29 is 14.3 Å². The largest absolute Gasteiger partial charge is 0.489 e. The van der Waals surface area contributed by atoms with Crippen molar-refractivity contribution in [3.05, 3.63) is 41.2 Å². The summed E-state index contributed by atoms with van der Waals surface area (Å²) in [5.41, 5.74) is 2.29. The topological polar surface area (TPSA) is 79.1 Å². The number of hydrogen-bond donors (Lipinski definition) is 0. The lowest BCUT2D eigenvalue weighted by Crippen LogP contribution is -2.09. The zero-order valence-electron chi connectivity index (χ0n) is 15.1. The average Bonchev–Trinajstić information content (AvgIpc) is 3.24. The Kier molecular flexibility index (Phi) is 5.32. The van der Waals surface area contributed by atoms with Crippen molar-refractivity contribution in [1.29, 1.82) is 0 Å². The van der Waals surface area contributed by atoms with Crippen LogP contribution in [0.4, 0.5) is 0 Å². The Balaban J connectivity index is 2.03. The smallest absolute Gasteiger partial charge is 0.350 e. The van der Waals surface area contributed by atoms with Crippen LogP contribution in [0.25, 0.3) is 16.3 Å². The molecule has 2 heterocycles. The van der Waals surface area contributed by atoms with Gasteiger partial charge in [0.15, 0.2) is 0 Å². The molecular formula is C18H20N4O3S. The van der Waals surface area contributed by atoms with Gasteiger partial charge in [0.25, 0.3) is 0 Å². The van der Waals surface area contributed by atoms with Gasteiger partial charge >= 0.3 is 5.97 Å². The number of ether oxygens (including phenoxy) is 2. The zero-order chi connectivity index (χ0) is 18.7. The molecule has 0 amide bonds. The van der Waals surface area contributed by atoms with E-state index in [2.05, 4.69) is 15.3 Å². The molecular weight excluding hydrogens is 352 g/mol. The van der Waals surface area contributed by atoms with E-state index < -0.39 is 0 Å². The second-order valence-electron chi connectivity index (χ2n) is 5.85. The maximum Gasteiger partial charge on any atom is 0.350 e. The van der Waals surface area contributed by atoms with Crippen molar-refractivity contribution >= 4 is 17.3 Å². The predicted molar refractivity (Wildman–Crippen MR) is 98.9 cm³/mol.